The Balaban J connectivity index is 0.907. The molecule has 0 amide bonds. The van der Waals surface area contributed by atoms with Crippen molar-refractivity contribution in [2.75, 3.05) is 0 Å². The highest BCUT2D eigenvalue weighted by Crippen LogP contribution is 2.42. The van der Waals surface area contributed by atoms with Gasteiger partial charge in [-0.3, -0.25) is 0 Å². The average Bonchev–Trinajstić information content (AvgIpc) is 4.04. The molecule has 0 radical (unpaired) electrons. The van der Waals surface area contributed by atoms with Gasteiger partial charge >= 0.3 is 0 Å². The van der Waals surface area contributed by atoms with Gasteiger partial charge < -0.3 is 9.13 Å². The number of para-hydroxylation sites is 3. The molecule has 0 N–H and O–H groups in total. The van der Waals surface area contributed by atoms with Crippen LogP contribution in [-0.4, -0.2) is 24.1 Å². The van der Waals surface area contributed by atoms with Crippen LogP contribution in [0.2, 0.25) is 0 Å². The van der Waals surface area contributed by atoms with Crippen LogP contribution >= 0.6 is 0 Å². The molecule has 15 aromatic rings. The molecule has 0 saturated heterocycles. The minimum atomic E-state index is 0.601. The molecule has 0 bridgehead atoms. The summed E-state index contributed by atoms with van der Waals surface area (Å²) in [6.45, 7) is 0. The number of fused-ring (bicyclic) bond motifs is 8. The monoisotopic (exact) mass is 967 g/mol. The number of hydrogen-bond acceptors (Lipinski definition) is 3. The largest absolute Gasteiger partial charge is 0.309 e. The first-order valence-electron chi connectivity index (χ1n) is 25.8. The Morgan fingerprint density at radius 1 is 0.237 bits per heavy atom. The van der Waals surface area contributed by atoms with E-state index < -0.39 is 0 Å². The second-order valence-electron chi connectivity index (χ2n) is 19.6. The zero-order chi connectivity index (χ0) is 50.1. The highest BCUT2D eigenvalue weighted by molar-refractivity contribution is 6.17. The lowest BCUT2D eigenvalue weighted by Crippen LogP contribution is -2.02. The molecule has 0 unspecified atom stereocenters. The Morgan fingerprint density at radius 3 is 1.41 bits per heavy atom. The fourth-order valence-electron chi connectivity index (χ4n) is 11.5. The number of rotatable bonds is 8. The molecule has 0 aliphatic rings. The maximum absolute atomic E-state index is 5.38. The maximum Gasteiger partial charge on any atom is 0.164 e. The van der Waals surface area contributed by atoms with Crippen LogP contribution in [0.4, 0.5) is 0 Å². The van der Waals surface area contributed by atoms with Gasteiger partial charge in [0.25, 0.3) is 0 Å². The van der Waals surface area contributed by atoms with E-state index in [9.17, 15) is 0 Å². The molecule has 0 aliphatic carbocycles. The van der Waals surface area contributed by atoms with Crippen LogP contribution in [0, 0.1) is 0 Å². The molecule has 354 valence electrons. The van der Waals surface area contributed by atoms with Crippen molar-refractivity contribution in [3.63, 3.8) is 0 Å². The highest BCUT2D eigenvalue weighted by atomic mass is 15.0. The van der Waals surface area contributed by atoms with Gasteiger partial charge in [-0.25, -0.2) is 15.0 Å². The SMILES string of the molecule is c1ccc(-c2ccc3c(c2)c2c(-c4ccc5ccc(-c6nc(-c7ccc(-n8c9ccccc9c9ccccc98)c(-c8ccccc8)c7)nc(-c7ccc8ccccc8c7)n6)cc5c4)cccc2n3-c2ccccc2)cc1. The summed E-state index contributed by atoms with van der Waals surface area (Å²) in [4.78, 5) is 16.0. The fourth-order valence-corrected chi connectivity index (χ4v) is 11.5. The van der Waals surface area contributed by atoms with E-state index in [1.807, 2.05) is 0 Å². The van der Waals surface area contributed by atoms with Crippen LogP contribution in [0.1, 0.15) is 0 Å². The summed E-state index contributed by atoms with van der Waals surface area (Å²) in [5, 5.41) is 9.39. The summed E-state index contributed by atoms with van der Waals surface area (Å²) in [7, 11) is 0. The molecule has 15 rings (SSSR count). The zero-order valence-electron chi connectivity index (χ0n) is 41.2. The van der Waals surface area contributed by atoms with Gasteiger partial charge in [0.2, 0.25) is 0 Å². The molecule has 3 aromatic heterocycles. The summed E-state index contributed by atoms with van der Waals surface area (Å²) in [5.41, 5.74) is 16.5. The smallest absolute Gasteiger partial charge is 0.164 e. The first-order valence-corrected chi connectivity index (χ1v) is 25.8. The quantitative estimate of drug-likeness (QED) is 0.152. The van der Waals surface area contributed by atoms with Crippen LogP contribution in [0.25, 0.3) is 144 Å². The van der Waals surface area contributed by atoms with Crippen LogP contribution in [0.15, 0.2) is 273 Å². The molecule has 0 atom stereocenters. The third-order valence-corrected chi connectivity index (χ3v) is 15.1. The number of hydrogen-bond donors (Lipinski definition) is 0. The van der Waals surface area contributed by atoms with Crippen molar-refractivity contribution < 1.29 is 0 Å². The third kappa shape index (κ3) is 7.28. The van der Waals surface area contributed by atoms with Crippen molar-refractivity contribution in [3.05, 3.63) is 273 Å². The molecule has 5 nitrogen and oxygen atoms in total. The van der Waals surface area contributed by atoms with Crippen LogP contribution in [0.3, 0.4) is 0 Å². The number of aromatic nitrogens is 5. The Kier molecular flexibility index (Phi) is 10.1. The molecule has 76 heavy (non-hydrogen) atoms. The average molecular weight is 968 g/mol. The topological polar surface area (TPSA) is 48.5 Å². The van der Waals surface area contributed by atoms with E-state index in [1.54, 1.807) is 0 Å². The van der Waals surface area contributed by atoms with Crippen LogP contribution in [0.5, 0.6) is 0 Å². The molecule has 0 fully saturated rings. The summed E-state index contributed by atoms with van der Waals surface area (Å²) >= 11 is 0. The summed E-state index contributed by atoms with van der Waals surface area (Å²) in [6.07, 6.45) is 0. The van der Waals surface area contributed by atoms with E-state index in [-0.39, 0.29) is 0 Å². The van der Waals surface area contributed by atoms with Crippen molar-refractivity contribution in [3.8, 4) is 78.9 Å². The first kappa shape index (κ1) is 43.4. The number of benzene rings is 12. The van der Waals surface area contributed by atoms with Crippen molar-refractivity contribution in [2.45, 2.75) is 0 Å². The third-order valence-electron chi connectivity index (χ3n) is 15.1. The van der Waals surface area contributed by atoms with Gasteiger partial charge in [-0.2, -0.15) is 0 Å². The molecule has 0 saturated carbocycles. The Morgan fingerprint density at radius 2 is 0.724 bits per heavy atom. The van der Waals surface area contributed by atoms with Gasteiger partial charge in [0.15, 0.2) is 17.5 Å². The normalized spacial score (nSPS) is 11.7. The van der Waals surface area contributed by atoms with Gasteiger partial charge in [0.1, 0.15) is 0 Å². The van der Waals surface area contributed by atoms with E-state index in [1.165, 1.54) is 43.8 Å². The lowest BCUT2D eigenvalue weighted by atomic mass is 9.95. The molecular weight excluding hydrogens is 923 g/mol. The zero-order valence-corrected chi connectivity index (χ0v) is 41.2. The Hall–Kier alpha value is -10.2. The fraction of sp³-hybridized carbons (Fsp3) is 0. The molecule has 0 spiro atoms. The minimum Gasteiger partial charge on any atom is -0.309 e. The van der Waals surface area contributed by atoms with Crippen molar-refractivity contribution in [1.82, 2.24) is 24.1 Å². The standard InChI is InChI=1S/C71H45N5/c1-4-17-46(18-5-1)51-37-39-66-62(44-51)68-58(27-16-30-67(68)75(66)57-23-8-3-9-24-57)52-34-31-48-33-36-54(43-56(48)42-52)70-72-69(53-35-32-47-19-10-11-22-50(47)41-53)73-71(74-70)55-38-40-65(61(45-55)49-20-6-2-7-21-49)76-63-28-14-12-25-59(63)60-26-13-15-29-64(60)76/h1-45H. The van der Waals surface area contributed by atoms with E-state index in [2.05, 4.69) is 282 Å². The second kappa shape index (κ2) is 17.8. The van der Waals surface area contributed by atoms with E-state index >= 15 is 0 Å². The predicted octanol–water partition coefficient (Wildman–Crippen LogP) is 18.4. The van der Waals surface area contributed by atoms with Gasteiger partial charge in [-0.15, -0.1) is 0 Å². The molecular formula is C71H45N5. The van der Waals surface area contributed by atoms with Crippen molar-refractivity contribution >= 4 is 65.2 Å². The van der Waals surface area contributed by atoms with E-state index in [0.717, 1.165) is 82.9 Å². The Labute approximate surface area is 438 Å². The van der Waals surface area contributed by atoms with Crippen molar-refractivity contribution in [1.29, 1.82) is 0 Å². The van der Waals surface area contributed by atoms with Crippen LogP contribution in [-0.2, 0) is 0 Å². The van der Waals surface area contributed by atoms with E-state index in [4.69, 9.17) is 15.0 Å². The lowest BCUT2D eigenvalue weighted by Gasteiger charge is -2.16. The highest BCUT2D eigenvalue weighted by Gasteiger charge is 2.21. The summed E-state index contributed by atoms with van der Waals surface area (Å²) in [6, 6.07) is 97.9. The van der Waals surface area contributed by atoms with Gasteiger partial charge in [-0.05, 0) is 128 Å². The molecule has 3 heterocycles. The Bertz CT molecular complexity index is 4690. The van der Waals surface area contributed by atoms with Crippen molar-refractivity contribution in [2.24, 2.45) is 0 Å². The first-order chi connectivity index (χ1) is 37.7. The molecule has 12 aromatic carbocycles. The maximum atomic E-state index is 5.38. The summed E-state index contributed by atoms with van der Waals surface area (Å²) < 4.78 is 4.79. The summed E-state index contributed by atoms with van der Waals surface area (Å²) in [5.74, 6) is 1.82. The lowest BCUT2D eigenvalue weighted by molar-refractivity contribution is 1.07. The van der Waals surface area contributed by atoms with Gasteiger partial charge in [-0.1, -0.05) is 194 Å². The molecule has 5 heteroatoms. The van der Waals surface area contributed by atoms with Gasteiger partial charge in [0.05, 0.1) is 27.8 Å². The second-order valence-corrected chi connectivity index (χ2v) is 19.6. The minimum absolute atomic E-state index is 0.601. The number of nitrogens with zero attached hydrogens (tertiary/aromatic N) is 5. The predicted molar refractivity (Wildman–Crippen MR) is 316 cm³/mol. The van der Waals surface area contributed by atoms with E-state index in [0.29, 0.717) is 17.5 Å². The van der Waals surface area contributed by atoms with Gasteiger partial charge in [0, 0.05) is 49.5 Å². The molecule has 0 aliphatic heterocycles. The van der Waals surface area contributed by atoms with Crippen LogP contribution < -0.4 is 0 Å².